The Bertz CT molecular complexity index is 2260. The van der Waals surface area contributed by atoms with Gasteiger partial charge in [-0.3, -0.25) is 24.5 Å². The Morgan fingerprint density at radius 3 is 2.28 bits per heavy atom. The smallest absolute Gasteiger partial charge is 0.265 e. The lowest BCUT2D eigenvalue weighted by atomic mass is 9.95. The van der Waals surface area contributed by atoms with E-state index in [0.717, 1.165) is 5.69 Å². The van der Waals surface area contributed by atoms with Gasteiger partial charge >= 0.3 is 0 Å². The molecular formula is C38H30N6O3. The zero-order valence-corrected chi connectivity index (χ0v) is 25.3. The van der Waals surface area contributed by atoms with Gasteiger partial charge in [0.25, 0.3) is 17.3 Å². The molecule has 1 amide bonds. The molecule has 230 valence electrons. The van der Waals surface area contributed by atoms with Crippen molar-refractivity contribution < 1.29 is 9.90 Å². The number of amides is 1. The van der Waals surface area contributed by atoms with E-state index in [-0.39, 0.29) is 5.56 Å². The van der Waals surface area contributed by atoms with Crippen LogP contribution in [0.15, 0.2) is 137 Å². The van der Waals surface area contributed by atoms with Gasteiger partial charge in [0.05, 0.1) is 50.5 Å². The molecule has 5 aromatic carbocycles. The van der Waals surface area contributed by atoms with Crippen LogP contribution >= 0.6 is 0 Å². The molecular weight excluding hydrogens is 588 g/mol. The predicted molar refractivity (Wildman–Crippen MR) is 184 cm³/mol. The summed E-state index contributed by atoms with van der Waals surface area (Å²) < 4.78 is 1.58. The van der Waals surface area contributed by atoms with Crippen LogP contribution in [-0.4, -0.2) is 26.3 Å². The van der Waals surface area contributed by atoms with Crippen molar-refractivity contribution in [3.8, 4) is 5.69 Å². The van der Waals surface area contributed by atoms with Crippen LogP contribution in [0.2, 0.25) is 0 Å². The molecule has 1 aromatic heterocycles. The fourth-order valence-corrected chi connectivity index (χ4v) is 6.54. The molecule has 3 heterocycles. The van der Waals surface area contributed by atoms with Crippen molar-refractivity contribution in [1.29, 1.82) is 0 Å². The van der Waals surface area contributed by atoms with Gasteiger partial charge in [0, 0.05) is 12.0 Å². The van der Waals surface area contributed by atoms with Crippen LogP contribution in [0.5, 0.6) is 0 Å². The molecule has 2 aliphatic rings. The zero-order chi connectivity index (χ0) is 32.0. The highest BCUT2D eigenvalue weighted by atomic mass is 16.3. The number of hydrazone groups is 1. The highest BCUT2D eigenvalue weighted by Crippen LogP contribution is 2.43. The summed E-state index contributed by atoms with van der Waals surface area (Å²) in [5.41, 5.74) is 7.79. The molecule has 47 heavy (non-hydrogen) atoms. The minimum absolute atomic E-state index is 0.257. The van der Waals surface area contributed by atoms with E-state index in [1.54, 1.807) is 47.0 Å². The topological polar surface area (TPSA) is 112 Å². The number of aromatic nitrogens is 2. The van der Waals surface area contributed by atoms with Crippen LogP contribution in [0.1, 0.15) is 40.2 Å². The second kappa shape index (κ2) is 11.4. The molecule has 0 fully saturated rings. The van der Waals surface area contributed by atoms with Crippen molar-refractivity contribution >= 4 is 39.6 Å². The van der Waals surface area contributed by atoms with Gasteiger partial charge in [0.2, 0.25) is 0 Å². The summed E-state index contributed by atoms with van der Waals surface area (Å²) in [6.07, 6.45) is 1.56. The average molecular weight is 619 g/mol. The minimum Gasteiger partial charge on any atom is -0.350 e. The number of anilines is 3. The van der Waals surface area contributed by atoms with Crippen LogP contribution in [0.4, 0.5) is 17.1 Å². The number of benzene rings is 5. The van der Waals surface area contributed by atoms with Crippen LogP contribution in [-0.2, 0) is 12.3 Å². The average Bonchev–Trinajstić information content (AvgIpc) is 3.10. The zero-order valence-electron chi connectivity index (χ0n) is 25.3. The maximum Gasteiger partial charge on any atom is 0.265 e. The second-order valence-electron chi connectivity index (χ2n) is 11.6. The first-order valence-corrected chi connectivity index (χ1v) is 15.5. The summed E-state index contributed by atoms with van der Waals surface area (Å²) >= 11 is 0. The highest BCUT2D eigenvalue weighted by molar-refractivity contribution is 6.16. The summed E-state index contributed by atoms with van der Waals surface area (Å²) in [6, 6.07) is 38.6. The number of para-hydroxylation sites is 5. The van der Waals surface area contributed by atoms with Gasteiger partial charge in [0.15, 0.2) is 0 Å². The summed E-state index contributed by atoms with van der Waals surface area (Å²) in [7, 11) is 0. The lowest BCUT2D eigenvalue weighted by molar-refractivity contribution is 0.0488. The van der Waals surface area contributed by atoms with E-state index in [0.29, 0.717) is 75.5 Å². The van der Waals surface area contributed by atoms with E-state index in [1.165, 1.54) is 4.90 Å². The van der Waals surface area contributed by atoms with E-state index in [2.05, 4.69) is 10.7 Å². The van der Waals surface area contributed by atoms with Gasteiger partial charge < -0.3 is 10.4 Å². The van der Waals surface area contributed by atoms with Gasteiger partial charge in [-0.25, -0.2) is 4.98 Å². The molecule has 0 aliphatic carbocycles. The molecule has 0 radical (unpaired) electrons. The Hall–Kier alpha value is -6.06. The molecule has 1 atom stereocenters. The molecule has 3 N–H and O–H groups in total. The first kappa shape index (κ1) is 28.4. The molecule has 0 saturated carbocycles. The number of nitrogens with one attached hydrogen (secondary N) is 2. The van der Waals surface area contributed by atoms with Crippen molar-refractivity contribution in [3.05, 3.63) is 160 Å². The van der Waals surface area contributed by atoms with Gasteiger partial charge in [0.1, 0.15) is 5.82 Å². The van der Waals surface area contributed by atoms with Gasteiger partial charge in [-0.1, -0.05) is 78.9 Å². The van der Waals surface area contributed by atoms with Crippen molar-refractivity contribution in [2.75, 3.05) is 15.6 Å². The maximum atomic E-state index is 14.6. The standard InChI is InChI=1S/C38H30N6O3/c45-36-27-16-4-8-19-30(27)39-35-24-12-21-32(42-41-25-13-2-1-3-14-25)26-15-6-10-22-33(26)44-37(46)28-17-5-9-20-31(28)40-38(44,47)29-18-7-11-23-34(29)43(35)36/h1-11,13-20,22-23,40-41,47H,12,21,24H2/b42-32+. The third kappa shape index (κ3) is 4.76. The molecule has 0 spiro atoms. The summed E-state index contributed by atoms with van der Waals surface area (Å²) in [4.78, 5) is 35.3. The molecule has 9 heteroatoms. The fraction of sp³-hybridized carbons (Fsp3) is 0.105. The Morgan fingerprint density at radius 2 is 1.43 bits per heavy atom. The SMILES string of the molecule is O=C1c2ccccc2NC2(O)c3ccccc3-n3c(nc4ccccc4c3=O)CCC/C(=N\Nc3ccccc3)c3ccccc3N12. The minimum atomic E-state index is -2.11. The molecule has 0 saturated heterocycles. The lowest BCUT2D eigenvalue weighted by Crippen LogP contribution is -2.59. The van der Waals surface area contributed by atoms with Gasteiger partial charge in [-0.15, -0.1) is 0 Å². The molecule has 2 aliphatic heterocycles. The predicted octanol–water partition coefficient (Wildman–Crippen LogP) is 6.41. The van der Waals surface area contributed by atoms with E-state index < -0.39 is 11.8 Å². The van der Waals surface area contributed by atoms with Crippen LogP contribution in [0, 0.1) is 0 Å². The molecule has 0 bridgehead atoms. The van der Waals surface area contributed by atoms with Crippen LogP contribution < -0.4 is 21.2 Å². The quantitative estimate of drug-likeness (QED) is 0.193. The second-order valence-corrected chi connectivity index (χ2v) is 11.6. The van der Waals surface area contributed by atoms with E-state index in [9.17, 15) is 14.7 Å². The largest absolute Gasteiger partial charge is 0.350 e. The summed E-state index contributed by atoms with van der Waals surface area (Å²) in [5.74, 6) is -1.97. The Morgan fingerprint density at radius 1 is 0.745 bits per heavy atom. The Labute approximate surface area is 270 Å². The van der Waals surface area contributed by atoms with Crippen molar-refractivity contribution in [2.24, 2.45) is 5.10 Å². The van der Waals surface area contributed by atoms with Crippen molar-refractivity contribution in [2.45, 2.75) is 25.1 Å². The third-order valence-corrected chi connectivity index (χ3v) is 8.72. The van der Waals surface area contributed by atoms with E-state index in [4.69, 9.17) is 10.1 Å². The number of aliphatic hydroxyl groups is 1. The molecule has 1 unspecified atom stereocenters. The summed E-state index contributed by atoms with van der Waals surface area (Å²) in [5, 5.41) is 21.6. The number of aryl methyl sites for hydroxylation is 1. The number of hydrogen-bond acceptors (Lipinski definition) is 7. The van der Waals surface area contributed by atoms with Crippen LogP contribution in [0.3, 0.4) is 0 Å². The normalized spacial score (nSPS) is 18.0. The summed E-state index contributed by atoms with van der Waals surface area (Å²) in [6.45, 7) is 0. The van der Waals surface area contributed by atoms with Crippen LogP contribution in [0.25, 0.3) is 16.6 Å². The fourth-order valence-electron chi connectivity index (χ4n) is 6.54. The van der Waals surface area contributed by atoms with Gasteiger partial charge in [-0.05, 0) is 61.4 Å². The number of carbonyl (C=O) groups excluding carboxylic acids is 1. The maximum absolute atomic E-state index is 14.6. The number of carbonyl (C=O) groups is 1. The monoisotopic (exact) mass is 618 g/mol. The first-order chi connectivity index (χ1) is 23.0. The molecule has 8 rings (SSSR count). The molecule has 6 aromatic rings. The Kier molecular flexibility index (Phi) is 6.88. The van der Waals surface area contributed by atoms with Crippen molar-refractivity contribution in [3.63, 3.8) is 0 Å². The number of rotatable bonds is 2. The van der Waals surface area contributed by atoms with E-state index >= 15 is 0 Å². The number of fused-ring (bicyclic) bond motifs is 9. The van der Waals surface area contributed by atoms with E-state index in [1.807, 2.05) is 84.9 Å². The molecule has 9 nitrogen and oxygen atoms in total. The highest BCUT2D eigenvalue weighted by Gasteiger charge is 2.48. The third-order valence-electron chi connectivity index (χ3n) is 8.72. The Balaban J connectivity index is 1.43. The van der Waals surface area contributed by atoms with Crippen molar-refractivity contribution in [1.82, 2.24) is 9.55 Å². The first-order valence-electron chi connectivity index (χ1n) is 15.5. The number of hydrogen-bond donors (Lipinski definition) is 3. The lowest BCUT2D eigenvalue weighted by Gasteiger charge is -2.46. The number of nitrogens with zero attached hydrogens (tertiary/aromatic N) is 4. The van der Waals surface area contributed by atoms with Gasteiger partial charge in [-0.2, -0.15) is 5.10 Å².